The van der Waals surface area contributed by atoms with Crippen molar-refractivity contribution in [2.45, 2.75) is 32.5 Å². The highest BCUT2D eigenvalue weighted by molar-refractivity contribution is 5.78. The first-order valence-corrected chi connectivity index (χ1v) is 13.4. The zero-order valence-corrected chi connectivity index (χ0v) is 22.3. The van der Waals surface area contributed by atoms with E-state index in [2.05, 4.69) is 53.5 Å². The molecule has 0 atom stereocenters. The minimum absolute atomic E-state index is 0.502. The number of unbranched alkanes of at least 4 members (excludes halogenated alkanes) is 1. The van der Waals surface area contributed by atoms with Gasteiger partial charge in [0.15, 0.2) is 11.5 Å². The number of rotatable bonds is 13. The quantitative estimate of drug-likeness (QED) is 0.161. The highest BCUT2D eigenvalue weighted by Crippen LogP contribution is 2.31. The zero-order valence-electron chi connectivity index (χ0n) is 22.3. The predicted molar refractivity (Wildman–Crippen MR) is 156 cm³/mol. The maximum atomic E-state index is 5.97. The second-order valence-corrected chi connectivity index (χ2v) is 9.41. The maximum absolute atomic E-state index is 5.97. The maximum Gasteiger partial charge on any atom is 0.161 e. The standard InChI is InChI=1S/C34H34N2O3/c1-37-31-23-27(20-21-30(31)39-25-26-13-5-2-6-14-26)24-38-22-12-11-19-32-35-33(28-15-7-3-8-16-28)34(36-32)29-17-9-4-10-18-29/h2-10,13-18,20-21,23H,11-12,19,22,24-25H2,1H3,(H,35,36). The molecule has 4 aromatic carbocycles. The number of aromatic nitrogens is 2. The van der Waals surface area contributed by atoms with Crippen LogP contribution in [0.1, 0.15) is 29.8 Å². The molecule has 0 bridgehead atoms. The van der Waals surface area contributed by atoms with Gasteiger partial charge in [0.25, 0.3) is 0 Å². The van der Waals surface area contributed by atoms with Crippen LogP contribution in [0.2, 0.25) is 0 Å². The van der Waals surface area contributed by atoms with Gasteiger partial charge < -0.3 is 19.2 Å². The molecular formula is C34H34N2O3. The molecule has 0 saturated heterocycles. The molecule has 5 heteroatoms. The summed E-state index contributed by atoms with van der Waals surface area (Å²) in [5.74, 6) is 2.45. The molecule has 39 heavy (non-hydrogen) atoms. The van der Waals surface area contributed by atoms with Gasteiger partial charge in [-0.15, -0.1) is 0 Å². The van der Waals surface area contributed by atoms with Gasteiger partial charge in [0.05, 0.1) is 25.1 Å². The second kappa shape index (κ2) is 13.4. The van der Waals surface area contributed by atoms with Gasteiger partial charge in [-0.05, 0) is 36.1 Å². The summed E-state index contributed by atoms with van der Waals surface area (Å²) in [4.78, 5) is 8.54. The van der Waals surface area contributed by atoms with Gasteiger partial charge in [-0.25, -0.2) is 4.98 Å². The SMILES string of the molecule is COc1cc(COCCCCc2nc(-c3ccccc3)c(-c3ccccc3)[nH]2)ccc1OCc1ccccc1. The van der Waals surface area contributed by atoms with Crippen molar-refractivity contribution in [2.75, 3.05) is 13.7 Å². The van der Waals surface area contributed by atoms with E-state index in [1.165, 1.54) is 0 Å². The average molecular weight is 519 g/mol. The highest BCUT2D eigenvalue weighted by atomic mass is 16.5. The van der Waals surface area contributed by atoms with Crippen LogP contribution in [0.4, 0.5) is 0 Å². The second-order valence-electron chi connectivity index (χ2n) is 9.41. The molecule has 0 amide bonds. The fourth-order valence-electron chi connectivity index (χ4n) is 4.50. The molecule has 0 unspecified atom stereocenters. The third kappa shape index (κ3) is 7.15. The molecule has 5 rings (SSSR count). The summed E-state index contributed by atoms with van der Waals surface area (Å²) in [5.41, 5.74) is 6.51. The normalized spacial score (nSPS) is 10.9. The van der Waals surface area contributed by atoms with Crippen molar-refractivity contribution >= 4 is 0 Å². The van der Waals surface area contributed by atoms with Gasteiger partial charge >= 0.3 is 0 Å². The molecule has 1 heterocycles. The van der Waals surface area contributed by atoms with E-state index < -0.39 is 0 Å². The van der Waals surface area contributed by atoms with Crippen molar-refractivity contribution in [1.29, 1.82) is 0 Å². The lowest BCUT2D eigenvalue weighted by Gasteiger charge is -2.12. The first-order valence-electron chi connectivity index (χ1n) is 13.4. The zero-order chi connectivity index (χ0) is 26.7. The highest BCUT2D eigenvalue weighted by Gasteiger charge is 2.14. The van der Waals surface area contributed by atoms with Crippen LogP contribution in [0.15, 0.2) is 109 Å². The number of ether oxygens (including phenoxy) is 3. The molecule has 1 aromatic heterocycles. The Hall–Kier alpha value is -4.35. The smallest absolute Gasteiger partial charge is 0.161 e. The summed E-state index contributed by atoms with van der Waals surface area (Å²) in [6.45, 7) is 1.72. The fraction of sp³-hybridized carbons (Fsp3) is 0.206. The number of methoxy groups -OCH3 is 1. The molecule has 0 fully saturated rings. The van der Waals surface area contributed by atoms with Crippen LogP contribution in [-0.4, -0.2) is 23.7 Å². The summed E-state index contributed by atoms with van der Waals surface area (Å²) < 4.78 is 17.5. The summed E-state index contributed by atoms with van der Waals surface area (Å²) >= 11 is 0. The first kappa shape index (κ1) is 26.3. The topological polar surface area (TPSA) is 56.4 Å². The summed E-state index contributed by atoms with van der Waals surface area (Å²) in [6, 6.07) is 36.8. The fourth-order valence-corrected chi connectivity index (χ4v) is 4.50. The molecule has 0 saturated carbocycles. The van der Waals surface area contributed by atoms with E-state index in [0.717, 1.165) is 64.5 Å². The first-order chi connectivity index (χ1) is 19.3. The van der Waals surface area contributed by atoms with E-state index >= 15 is 0 Å². The van der Waals surface area contributed by atoms with E-state index in [1.807, 2.05) is 60.7 Å². The van der Waals surface area contributed by atoms with Crippen LogP contribution in [0, 0.1) is 0 Å². The van der Waals surface area contributed by atoms with E-state index in [0.29, 0.717) is 25.6 Å². The van der Waals surface area contributed by atoms with Crippen LogP contribution in [0.5, 0.6) is 11.5 Å². The van der Waals surface area contributed by atoms with Crippen molar-refractivity contribution in [3.63, 3.8) is 0 Å². The largest absolute Gasteiger partial charge is 0.493 e. The number of benzene rings is 4. The van der Waals surface area contributed by atoms with Crippen LogP contribution < -0.4 is 9.47 Å². The van der Waals surface area contributed by atoms with Crippen LogP contribution >= 0.6 is 0 Å². The van der Waals surface area contributed by atoms with Crippen molar-refractivity contribution in [2.24, 2.45) is 0 Å². The minimum atomic E-state index is 0.502. The molecule has 5 aromatic rings. The Morgan fingerprint density at radius 3 is 2.08 bits per heavy atom. The van der Waals surface area contributed by atoms with Crippen LogP contribution in [-0.2, 0) is 24.4 Å². The van der Waals surface area contributed by atoms with Crippen molar-refractivity contribution in [3.05, 3.63) is 126 Å². The number of H-pyrrole nitrogens is 1. The number of aryl methyl sites for hydroxylation is 1. The summed E-state index contributed by atoms with van der Waals surface area (Å²) in [6.07, 6.45) is 2.82. The Morgan fingerprint density at radius 1 is 0.667 bits per heavy atom. The lowest BCUT2D eigenvalue weighted by atomic mass is 10.1. The monoisotopic (exact) mass is 518 g/mol. The molecule has 0 aliphatic rings. The number of nitrogens with zero attached hydrogens (tertiary/aromatic N) is 1. The number of aromatic amines is 1. The van der Waals surface area contributed by atoms with Crippen molar-refractivity contribution in [3.8, 4) is 34.0 Å². The van der Waals surface area contributed by atoms with E-state index in [9.17, 15) is 0 Å². The van der Waals surface area contributed by atoms with E-state index in [4.69, 9.17) is 19.2 Å². The number of hydrogen-bond donors (Lipinski definition) is 1. The number of imidazole rings is 1. The molecule has 1 N–H and O–H groups in total. The molecule has 0 aliphatic carbocycles. The van der Waals surface area contributed by atoms with Gasteiger partial charge in [-0.1, -0.05) is 97.1 Å². The van der Waals surface area contributed by atoms with E-state index in [1.54, 1.807) is 7.11 Å². The van der Waals surface area contributed by atoms with Crippen molar-refractivity contribution < 1.29 is 14.2 Å². The molecule has 0 radical (unpaired) electrons. The third-order valence-electron chi connectivity index (χ3n) is 6.55. The van der Waals surface area contributed by atoms with Gasteiger partial charge in [0, 0.05) is 24.2 Å². The Kier molecular flexibility index (Phi) is 9.06. The predicted octanol–water partition coefficient (Wildman–Crippen LogP) is 7.87. The lowest BCUT2D eigenvalue weighted by Crippen LogP contribution is -2.00. The average Bonchev–Trinajstić information content (AvgIpc) is 3.44. The Labute approximate surface area is 230 Å². The Morgan fingerprint density at radius 2 is 1.36 bits per heavy atom. The van der Waals surface area contributed by atoms with Gasteiger partial charge in [-0.3, -0.25) is 0 Å². The van der Waals surface area contributed by atoms with Gasteiger partial charge in [0.1, 0.15) is 12.4 Å². The van der Waals surface area contributed by atoms with Crippen LogP contribution in [0.25, 0.3) is 22.5 Å². The van der Waals surface area contributed by atoms with Gasteiger partial charge in [-0.2, -0.15) is 0 Å². The molecule has 198 valence electrons. The van der Waals surface area contributed by atoms with E-state index in [-0.39, 0.29) is 0 Å². The molecule has 0 spiro atoms. The lowest BCUT2D eigenvalue weighted by molar-refractivity contribution is 0.117. The third-order valence-corrected chi connectivity index (χ3v) is 6.55. The number of hydrogen-bond acceptors (Lipinski definition) is 4. The number of nitrogens with one attached hydrogen (secondary N) is 1. The van der Waals surface area contributed by atoms with Crippen LogP contribution in [0.3, 0.4) is 0 Å². The molecular weight excluding hydrogens is 484 g/mol. The minimum Gasteiger partial charge on any atom is -0.493 e. The van der Waals surface area contributed by atoms with Crippen molar-refractivity contribution in [1.82, 2.24) is 9.97 Å². The summed E-state index contributed by atoms with van der Waals surface area (Å²) in [5, 5.41) is 0. The Balaban J connectivity index is 1.11. The molecule has 0 aliphatic heterocycles. The van der Waals surface area contributed by atoms with Gasteiger partial charge in [0.2, 0.25) is 0 Å². The summed E-state index contributed by atoms with van der Waals surface area (Å²) in [7, 11) is 1.66. The molecule has 5 nitrogen and oxygen atoms in total. The Bertz CT molecular complexity index is 1380.